The molecule has 0 heterocycles. The van der Waals surface area contributed by atoms with Gasteiger partial charge in [-0.2, -0.15) is 0 Å². The second-order valence-electron chi connectivity index (χ2n) is 3.95. The summed E-state index contributed by atoms with van der Waals surface area (Å²) in [5, 5.41) is 3.03. The van der Waals surface area contributed by atoms with Gasteiger partial charge in [0.15, 0.2) is 0 Å². The van der Waals surface area contributed by atoms with Crippen LogP contribution in [0.1, 0.15) is 19.8 Å². The fourth-order valence-corrected chi connectivity index (χ4v) is 2.54. The Bertz CT molecular complexity index is 404. The van der Waals surface area contributed by atoms with Crippen molar-refractivity contribution in [2.24, 2.45) is 11.0 Å². The molecule has 0 aliphatic rings. The Hall–Kier alpha value is -1.03. The molecule has 0 atom stereocenters. The van der Waals surface area contributed by atoms with Gasteiger partial charge in [-0.15, -0.1) is 0 Å². The summed E-state index contributed by atoms with van der Waals surface area (Å²) in [5.41, 5.74) is 12.9. The molecule has 6 heteroatoms. The third-order valence-electron chi connectivity index (χ3n) is 2.53. The lowest BCUT2D eigenvalue weighted by molar-refractivity contribution is 0.571. The maximum Gasteiger partial charge on any atom is 0.300 e. The molecule has 0 radical (unpaired) electrons. The first-order valence-electron chi connectivity index (χ1n) is 5.72. The van der Waals surface area contributed by atoms with E-state index in [9.17, 15) is 4.57 Å². The van der Waals surface area contributed by atoms with E-state index in [2.05, 4.69) is 12.2 Å². The van der Waals surface area contributed by atoms with E-state index in [4.69, 9.17) is 11.0 Å². The van der Waals surface area contributed by atoms with Gasteiger partial charge in [-0.3, -0.25) is 20.2 Å². The zero-order chi connectivity index (χ0) is 12.9. The van der Waals surface area contributed by atoms with Crippen molar-refractivity contribution < 1.29 is 4.57 Å². The molecule has 17 heavy (non-hydrogen) atoms. The molecule has 0 fully saturated rings. The van der Waals surface area contributed by atoms with Gasteiger partial charge in [-0.1, -0.05) is 19.4 Å². The van der Waals surface area contributed by atoms with Crippen molar-refractivity contribution in [1.82, 2.24) is 0 Å². The van der Waals surface area contributed by atoms with Gasteiger partial charge < -0.3 is 5.32 Å². The molecule has 0 saturated carbocycles. The molecular formula is C11H21N4OP. The molecule has 0 bridgehead atoms. The number of anilines is 2. The smallest absolute Gasteiger partial charge is 0.300 e. The number of unbranched alkanes of at least 4 members (excludes halogenated alkanes) is 1. The molecule has 5 nitrogen and oxygen atoms in total. The van der Waals surface area contributed by atoms with Gasteiger partial charge >= 0.3 is 7.59 Å². The van der Waals surface area contributed by atoms with Crippen LogP contribution in [-0.4, -0.2) is 13.6 Å². The summed E-state index contributed by atoms with van der Waals surface area (Å²) in [7, 11) is -1.42. The number of nitrogens with two attached hydrogens (primary N) is 2. The Balaban J connectivity index is 2.99. The average Bonchev–Trinajstić information content (AvgIpc) is 2.28. The zero-order valence-corrected chi connectivity index (χ0v) is 11.3. The molecule has 96 valence electrons. The number of rotatable bonds is 6. The summed E-state index contributed by atoms with van der Waals surface area (Å²) in [5.74, 6) is 0. The van der Waals surface area contributed by atoms with Crippen LogP contribution in [0.5, 0.6) is 0 Å². The third kappa shape index (κ3) is 4.04. The first-order valence-corrected chi connectivity index (χ1v) is 7.52. The molecule has 0 aliphatic carbocycles. The van der Waals surface area contributed by atoms with E-state index in [-0.39, 0.29) is 0 Å². The minimum Gasteiger partial charge on any atom is -0.388 e. The van der Waals surface area contributed by atoms with Crippen LogP contribution in [0.15, 0.2) is 24.3 Å². The van der Waals surface area contributed by atoms with Gasteiger partial charge in [-0.25, -0.2) is 0 Å². The molecule has 0 aromatic heterocycles. The van der Waals surface area contributed by atoms with Crippen LogP contribution in [0, 0.1) is 0 Å². The Morgan fingerprint density at radius 2 is 2.12 bits per heavy atom. The van der Waals surface area contributed by atoms with E-state index in [0.29, 0.717) is 6.54 Å². The van der Waals surface area contributed by atoms with Gasteiger partial charge in [0.2, 0.25) is 0 Å². The average molecular weight is 256 g/mol. The molecule has 0 aliphatic heterocycles. The minimum absolute atomic E-state index is 0.605. The molecule has 1 aromatic carbocycles. The standard InChI is InChI=1S/C11H21N4OP/c1-3-4-8-15(17(12,13)16)11-7-5-6-10(9-11)14-2/h5-7,9,14H,3-4,8H2,1-2H3,(H4,12,13,16). The van der Waals surface area contributed by atoms with Crippen molar-refractivity contribution >= 4 is 19.0 Å². The topological polar surface area (TPSA) is 84.4 Å². The number of nitrogens with zero attached hydrogens (tertiary/aromatic N) is 1. The van der Waals surface area contributed by atoms with Crippen molar-refractivity contribution in [3.05, 3.63) is 24.3 Å². The van der Waals surface area contributed by atoms with E-state index in [1.165, 1.54) is 0 Å². The highest BCUT2D eigenvalue weighted by Crippen LogP contribution is 2.38. The minimum atomic E-state index is -3.25. The molecular weight excluding hydrogens is 235 g/mol. The maximum atomic E-state index is 11.9. The number of hydrogen-bond acceptors (Lipinski definition) is 2. The molecule has 0 saturated heterocycles. The van der Waals surface area contributed by atoms with Gasteiger partial charge in [0, 0.05) is 25.0 Å². The molecule has 1 rings (SSSR count). The summed E-state index contributed by atoms with van der Waals surface area (Å²) in [6, 6.07) is 7.57. The van der Waals surface area contributed by atoms with E-state index >= 15 is 0 Å². The predicted molar refractivity (Wildman–Crippen MR) is 74.2 cm³/mol. The molecule has 0 unspecified atom stereocenters. The van der Waals surface area contributed by atoms with E-state index < -0.39 is 7.59 Å². The highest BCUT2D eigenvalue weighted by Gasteiger charge is 2.21. The van der Waals surface area contributed by atoms with Crippen molar-refractivity contribution in [3.8, 4) is 0 Å². The number of nitrogens with one attached hydrogen (secondary N) is 1. The van der Waals surface area contributed by atoms with Crippen LogP contribution in [0.4, 0.5) is 11.4 Å². The fraction of sp³-hybridized carbons (Fsp3) is 0.455. The second kappa shape index (κ2) is 6.05. The van der Waals surface area contributed by atoms with E-state index in [1.54, 1.807) is 4.67 Å². The Labute approximate surface area is 103 Å². The highest BCUT2D eigenvalue weighted by molar-refractivity contribution is 7.60. The number of hydrogen-bond donors (Lipinski definition) is 3. The van der Waals surface area contributed by atoms with Gasteiger partial charge in [0.05, 0.1) is 0 Å². The summed E-state index contributed by atoms with van der Waals surface area (Å²) in [6.07, 6.45) is 1.91. The fourth-order valence-electron chi connectivity index (χ4n) is 1.60. The van der Waals surface area contributed by atoms with E-state index in [1.807, 2.05) is 31.3 Å². The lowest BCUT2D eigenvalue weighted by atomic mass is 10.2. The molecule has 5 N–H and O–H groups in total. The first-order chi connectivity index (χ1) is 7.99. The highest BCUT2D eigenvalue weighted by atomic mass is 31.2. The maximum absolute atomic E-state index is 11.9. The van der Waals surface area contributed by atoms with Gasteiger partial charge in [-0.05, 0) is 24.6 Å². The summed E-state index contributed by atoms with van der Waals surface area (Å²) >= 11 is 0. The monoisotopic (exact) mass is 256 g/mol. The van der Waals surface area contributed by atoms with E-state index in [0.717, 1.165) is 24.2 Å². The van der Waals surface area contributed by atoms with Gasteiger partial charge in [0.25, 0.3) is 0 Å². The largest absolute Gasteiger partial charge is 0.388 e. The summed E-state index contributed by atoms with van der Waals surface area (Å²) in [4.78, 5) is 0. The number of benzene rings is 1. The molecule has 0 spiro atoms. The normalized spacial score (nSPS) is 11.3. The van der Waals surface area contributed by atoms with Crippen molar-refractivity contribution in [2.75, 3.05) is 23.6 Å². The van der Waals surface area contributed by atoms with Crippen molar-refractivity contribution in [2.45, 2.75) is 19.8 Å². The molecule has 1 aromatic rings. The van der Waals surface area contributed by atoms with Crippen LogP contribution in [-0.2, 0) is 4.57 Å². The van der Waals surface area contributed by atoms with Crippen LogP contribution in [0.3, 0.4) is 0 Å². The summed E-state index contributed by atoms with van der Waals surface area (Å²) < 4.78 is 13.5. The predicted octanol–water partition coefficient (Wildman–Crippen LogP) is 2.36. The molecule has 0 amide bonds. The van der Waals surface area contributed by atoms with Crippen LogP contribution < -0.4 is 21.0 Å². The Morgan fingerprint density at radius 3 is 2.65 bits per heavy atom. The summed E-state index contributed by atoms with van der Waals surface area (Å²) in [6.45, 7) is 2.67. The quantitative estimate of drug-likeness (QED) is 0.680. The zero-order valence-electron chi connectivity index (χ0n) is 10.4. The van der Waals surface area contributed by atoms with Crippen LogP contribution >= 0.6 is 7.59 Å². The van der Waals surface area contributed by atoms with Crippen molar-refractivity contribution in [1.29, 1.82) is 0 Å². The lowest BCUT2D eigenvalue weighted by Gasteiger charge is -2.28. The first kappa shape index (κ1) is 14.0. The Kier molecular flexibility index (Phi) is 5.00. The second-order valence-corrected chi connectivity index (χ2v) is 5.78. The Morgan fingerprint density at radius 1 is 1.41 bits per heavy atom. The van der Waals surface area contributed by atoms with Gasteiger partial charge in [0.1, 0.15) is 0 Å². The van der Waals surface area contributed by atoms with Crippen molar-refractivity contribution in [3.63, 3.8) is 0 Å². The van der Waals surface area contributed by atoms with Crippen LogP contribution in [0.2, 0.25) is 0 Å². The lowest BCUT2D eigenvalue weighted by Crippen LogP contribution is -2.29. The third-order valence-corrected chi connectivity index (χ3v) is 3.72. The van der Waals surface area contributed by atoms with Crippen LogP contribution in [0.25, 0.3) is 0 Å². The SMILES string of the molecule is CCCCN(c1cccc(NC)c1)P(N)(N)=O.